The molecule has 5 heteroatoms. The summed E-state index contributed by atoms with van der Waals surface area (Å²) in [4.78, 5) is 20.7. The van der Waals surface area contributed by atoms with Crippen molar-refractivity contribution >= 4 is 5.91 Å². The Labute approximate surface area is 112 Å². The summed E-state index contributed by atoms with van der Waals surface area (Å²) in [6, 6.07) is 9.44. The fourth-order valence-corrected chi connectivity index (χ4v) is 1.86. The Kier molecular flexibility index (Phi) is 3.97. The predicted octanol–water partition coefficient (Wildman–Crippen LogP) is 1.38. The highest BCUT2D eigenvalue weighted by Crippen LogP contribution is 2.16. The first-order chi connectivity index (χ1) is 9.08. The molecule has 1 aromatic heterocycles. The van der Waals surface area contributed by atoms with Crippen molar-refractivity contribution in [1.29, 1.82) is 0 Å². The van der Waals surface area contributed by atoms with Crippen LogP contribution in [0.2, 0.25) is 0 Å². The molecule has 1 heterocycles. The number of carbonyl (C=O) groups excluding carboxylic acids is 1. The Balaban J connectivity index is 2.08. The van der Waals surface area contributed by atoms with Crippen molar-refractivity contribution < 1.29 is 4.79 Å². The van der Waals surface area contributed by atoms with E-state index in [4.69, 9.17) is 5.73 Å². The number of hydrogen-bond acceptors (Lipinski definition) is 3. The van der Waals surface area contributed by atoms with E-state index < -0.39 is 6.04 Å². The summed E-state index contributed by atoms with van der Waals surface area (Å²) in [5.74, 6) is 0.646. The Hall–Kier alpha value is -2.14. The van der Waals surface area contributed by atoms with Gasteiger partial charge in [0.15, 0.2) is 0 Å². The lowest BCUT2D eigenvalue weighted by atomic mass is 10.2. The lowest BCUT2D eigenvalue weighted by molar-refractivity contribution is -0.131. The van der Waals surface area contributed by atoms with Gasteiger partial charge in [0.1, 0.15) is 5.82 Å². The first-order valence-electron chi connectivity index (χ1n) is 6.18. The van der Waals surface area contributed by atoms with E-state index in [0.29, 0.717) is 6.54 Å². The van der Waals surface area contributed by atoms with E-state index in [1.807, 2.05) is 30.3 Å². The number of carbonyl (C=O) groups is 1. The Bertz CT molecular complexity index is 548. The van der Waals surface area contributed by atoms with Gasteiger partial charge in [-0.15, -0.1) is 0 Å². The van der Waals surface area contributed by atoms with Crippen LogP contribution in [0.4, 0.5) is 0 Å². The summed E-state index contributed by atoms with van der Waals surface area (Å²) in [6.07, 6.45) is 1.77. The summed E-state index contributed by atoms with van der Waals surface area (Å²) in [5.41, 5.74) is 7.58. The minimum atomic E-state index is -0.492. The van der Waals surface area contributed by atoms with Crippen molar-refractivity contribution in [3.8, 4) is 11.3 Å². The first kappa shape index (κ1) is 13.3. The normalized spacial score (nSPS) is 12.2. The molecule has 2 aromatic rings. The minimum absolute atomic E-state index is 0.0994. The number of hydrogen-bond donors (Lipinski definition) is 2. The van der Waals surface area contributed by atoms with Gasteiger partial charge in [-0.25, -0.2) is 4.98 Å². The molecular formula is C14H18N4O. The molecule has 2 rings (SSSR count). The number of rotatable bonds is 4. The van der Waals surface area contributed by atoms with Crippen molar-refractivity contribution in [2.45, 2.75) is 19.5 Å². The van der Waals surface area contributed by atoms with Crippen LogP contribution in [-0.2, 0) is 11.3 Å². The topological polar surface area (TPSA) is 75.0 Å². The maximum Gasteiger partial charge on any atom is 0.239 e. The summed E-state index contributed by atoms with van der Waals surface area (Å²) in [5, 5.41) is 0. The third kappa shape index (κ3) is 3.20. The van der Waals surface area contributed by atoms with Crippen LogP contribution in [0.1, 0.15) is 12.7 Å². The summed E-state index contributed by atoms with van der Waals surface area (Å²) >= 11 is 0. The van der Waals surface area contributed by atoms with E-state index in [2.05, 4.69) is 9.97 Å². The van der Waals surface area contributed by atoms with Gasteiger partial charge in [0.25, 0.3) is 0 Å². The zero-order chi connectivity index (χ0) is 13.8. The molecule has 1 amide bonds. The van der Waals surface area contributed by atoms with E-state index >= 15 is 0 Å². The molecule has 0 aliphatic rings. The van der Waals surface area contributed by atoms with Gasteiger partial charge in [0.2, 0.25) is 5.91 Å². The molecule has 1 atom stereocenters. The number of amides is 1. The van der Waals surface area contributed by atoms with Gasteiger partial charge in [0, 0.05) is 7.05 Å². The summed E-state index contributed by atoms with van der Waals surface area (Å²) in [6.45, 7) is 2.10. The van der Waals surface area contributed by atoms with Crippen LogP contribution in [-0.4, -0.2) is 33.9 Å². The summed E-state index contributed by atoms with van der Waals surface area (Å²) in [7, 11) is 1.72. The van der Waals surface area contributed by atoms with Crippen LogP contribution in [0.3, 0.4) is 0 Å². The quantitative estimate of drug-likeness (QED) is 0.870. The molecule has 0 saturated heterocycles. The van der Waals surface area contributed by atoms with Crippen LogP contribution in [0, 0.1) is 0 Å². The van der Waals surface area contributed by atoms with Crippen LogP contribution in [0.15, 0.2) is 36.5 Å². The van der Waals surface area contributed by atoms with Gasteiger partial charge in [-0.05, 0) is 12.5 Å². The minimum Gasteiger partial charge on any atom is -0.341 e. The second-order valence-corrected chi connectivity index (χ2v) is 4.59. The highest BCUT2D eigenvalue weighted by Gasteiger charge is 2.14. The second-order valence-electron chi connectivity index (χ2n) is 4.59. The van der Waals surface area contributed by atoms with Gasteiger partial charge in [-0.2, -0.15) is 0 Å². The molecule has 5 nitrogen and oxygen atoms in total. The Morgan fingerprint density at radius 3 is 2.74 bits per heavy atom. The molecule has 0 aliphatic carbocycles. The van der Waals surface area contributed by atoms with E-state index in [0.717, 1.165) is 17.1 Å². The number of benzene rings is 1. The monoisotopic (exact) mass is 258 g/mol. The number of imidazole rings is 1. The number of H-pyrrole nitrogens is 1. The average molecular weight is 258 g/mol. The fourth-order valence-electron chi connectivity index (χ4n) is 1.86. The van der Waals surface area contributed by atoms with Crippen molar-refractivity contribution in [3.63, 3.8) is 0 Å². The van der Waals surface area contributed by atoms with Crippen LogP contribution >= 0.6 is 0 Å². The highest BCUT2D eigenvalue weighted by molar-refractivity contribution is 5.80. The van der Waals surface area contributed by atoms with E-state index in [1.54, 1.807) is 25.1 Å². The van der Waals surface area contributed by atoms with Gasteiger partial charge >= 0.3 is 0 Å². The van der Waals surface area contributed by atoms with Crippen molar-refractivity contribution in [2.24, 2.45) is 5.73 Å². The zero-order valence-corrected chi connectivity index (χ0v) is 11.1. The molecule has 3 N–H and O–H groups in total. The number of nitrogens with zero attached hydrogens (tertiary/aromatic N) is 2. The zero-order valence-electron chi connectivity index (χ0n) is 11.1. The molecule has 0 saturated carbocycles. The first-order valence-corrected chi connectivity index (χ1v) is 6.18. The Morgan fingerprint density at radius 2 is 2.11 bits per heavy atom. The van der Waals surface area contributed by atoms with E-state index in [9.17, 15) is 4.79 Å². The Morgan fingerprint density at radius 1 is 1.42 bits per heavy atom. The highest BCUT2D eigenvalue weighted by atomic mass is 16.2. The molecule has 0 fully saturated rings. The molecule has 0 bridgehead atoms. The van der Waals surface area contributed by atoms with Crippen LogP contribution in [0.5, 0.6) is 0 Å². The molecule has 19 heavy (non-hydrogen) atoms. The molecular weight excluding hydrogens is 240 g/mol. The lowest BCUT2D eigenvalue weighted by Crippen LogP contribution is -2.39. The predicted molar refractivity (Wildman–Crippen MR) is 74.1 cm³/mol. The third-order valence-electron chi connectivity index (χ3n) is 2.87. The third-order valence-corrected chi connectivity index (χ3v) is 2.87. The standard InChI is InChI=1S/C14H18N4O/c1-10(15)14(19)18(2)9-13-16-8-12(17-13)11-6-4-3-5-7-11/h3-8,10H,9,15H2,1-2H3,(H,16,17)/t10-/m1/s1. The molecule has 0 aliphatic heterocycles. The number of nitrogens with one attached hydrogen (secondary N) is 1. The molecule has 0 spiro atoms. The molecule has 0 unspecified atom stereocenters. The number of nitrogens with two attached hydrogens (primary N) is 1. The van der Waals surface area contributed by atoms with Crippen molar-refractivity contribution in [2.75, 3.05) is 7.05 Å². The van der Waals surface area contributed by atoms with Gasteiger partial charge in [0.05, 0.1) is 24.5 Å². The average Bonchev–Trinajstić information content (AvgIpc) is 2.87. The second kappa shape index (κ2) is 5.67. The maximum absolute atomic E-state index is 11.7. The molecule has 1 aromatic carbocycles. The number of likely N-dealkylation sites (N-methyl/N-ethyl adjacent to an activating group) is 1. The smallest absolute Gasteiger partial charge is 0.239 e. The maximum atomic E-state index is 11.7. The lowest BCUT2D eigenvalue weighted by Gasteiger charge is -2.17. The van der Waals surface area contributed by atoms with Gasteiger partial charge < -0.3 is 15.6 Å². The largest absolute Gasteiger partial charge is 0.341 e. The van der Waals surface area contributed by atoms with E-state index in [-0.39, 0.29) is 5.91 Å². The van der Waals surface area contributed by atoms with Gasteiger partial charge in [-0.1, -0.05) is 30.3 Å². The van der Waals surface area contributed by atoms with Crippen molar-refractivity contribution in [3.05, 3.63) is 42.4 Å². The SMILES string of the molecule is C[C@@H](N)C(=O)N(C)Cc1ncc(-c2ccccc2)[nH]1. The number of aromatic nitrogens is 2. The molecule has 100 valence electrons. The number of aromatic amines is 1. The van der Waals surface area contributed by atoms with Crippen LogP contribution in [0.25, 0.3) is 11.3 Å². The fraction of sp³-hybridized carbons (Fsp3) is 0.286. The van der Waals surface area contributed by atoms with Gasteiger partial charge in [-0.3, -0.25) is 4.79 Å². The van der Waals surface area contributed by atoms with E-state index in [1.165, 1.54) is 0 Å². The molecule has 0 radical (unpaired) electrons. The summed E-state index contributed by atoms with van der Waals surface area (Å²) < 4.78 is 0. The van der Waals surface area contributed by atoms with Crippen LogP contribution < -0.4 is 5.73 Å². The van der Waals surface area contributed by atoms with Crippen molar-refractivity contribution in [1.82, 2.24) is 14.9 Å².